The predicted molar refractivity (Wildman–Crippen MR) is 225 cm³/mol. The highest BCUT2D eigenvalue weighted by molar-refractivity contribution is 5.95. The minimum atomic E-state index is -1.43. The molecular weight excluding hydrogens is 787 g/mol. The number of Topliss-reactive ketones (excluding diaryl/α,β-unsaturated/α-hetero) is 2. The van der Waals surface area contributed by atoms with Crippen molar-refractivity contribution in [3.63, 3.8) is 0 Å². The molecule has 332 valence electrons. The number of ether oxygens (including phenoxy) is 1. The lowest BCUT2D eigenvalue weighted by molar-refractivity contribution is -0.156. The third-order valence-electron chi connectivity index (χ3n) is 11.2. The molecule has 1 unspecified atom stereocenters. The summed E-state index contributed by atoms with van der Waals surface area (Å²) in [5.74, 6) is -5.81. The van der Waals surface area contributed by atoms with Crippen molar-refractivity contribution in [2.45, 2.75) is 116 Å². The summed E-state index contributed by atoms with van der Waals surface area (Å²) in [7, 11) is 0. The molecule has 2 bridgehead atoms. The zero-order valence-electron chi connectivity index (χ0n) is 35.6. The Labute approximate surface area is 357 Å². The van der Waals surface area contributed by atoms with E-state index in [1.807, 2.05) is 0 Å². The number of carbonyl (C=O) groups is 7. The number of carbonyl (C=O) groups excluding carboxylic acids is 7. The minimum Gasteiger partial charge on any atom is -0.508 e. The molecule has 0 saturated carbocycles. The average molecular weight is 848 g/mol. The van der Waals surface area contributed by atoms with Gasteiger partial charge in [-0.3, -0.25) is 33.8 Å². The van der Waals surface area contributed by atoms with Gasteiger partial charge in [0.25, 0.3) is 5.91 Å². The number of aliphatic hydroxyl groups is 2. The van der Waals surface area contributed by atoms with Gasteiger partial charge in [0.15, 0.2) is 5.78 Å². The Bertz CT molecular complexity index is 1890. The second kappa shape index (κ2) is 23.0. The number of fused-ring (bicyclic) bond motifs is 2. The fraction of sp³-hybridized carbons (Fsp3) is 0.533. The molecule has 16 heteroatoms. The third-order valence-corrected chi connectivity index (χ3v) is 11.2. The van der Waals surface area contributed by atoms with Gasteiger partial charge in [-0.1, -0.05) is 69.4 Å². The first kappa shape index (κ1) is 48.2. The second-order valence-corrected chi connectivity index (χ2v) is 16.5. The Kier molecular flexibility index (Phi) is 18.1. The van der Waals surface area contributed by atoms with Crippen LogP contribution in [0.3, 0.4) is 0 Å². The fourth-order valence-corrected chi connectivity index (χ4v) is 7.36. The summed E-state index contributed by atoms with van der Waals surface area (Å²) in [5, 5.41) is 39.5. The maximum atomic E-state index is 14.3. The molecule has 2 fully saturated rings. The Morgan fingerprint density at radius 3 is 2.44 bits per heavy atom. The zero-order valence-corrected chi connectivity index (χ0v) is 35.6. The van der Waals surface area contributed by atoms with Crippen molar-refractivity contribution in [3.05, 3.63) is 77.9 Å². The van der Waals surface area contributed by atoms with E-state index in [1.165, 1.54) is 47.2 Å². The largest absolute Gasteiger partial charge is 0.508 e. The molecule has 1 aromatic rings. The Balaban J connectivity index is 1.70. The summed E-state index contributed by atoms with van der Waals surface area (Å²) in [5.41, 5.74) is 4.09. The number of amides is 4. The summed E-state index contributed by atoms with van der Waals surface area (Å²) >= 11 is 0. The SMILES string of the molecule is CC(=O)CC[C@H]1C(=O)N[C@@H](C(C)C)C(=O)N[C@@H](Cc2cccc(O)c2)C(=O)N2CCCC(N2)C(=O)O[C@H](/C(C)=C/C=C/C(=O)N2CCC(=O)C2)C/C=C/C=C/[C@H](O)[C@H](C)[C@H]1O. The summed E-state index contributed by atoms with van der Waals surface area (Å²) in [4.78, 5) is 93.9. The molecule has 0 aliphatic carbocycles. The van der Waals surface area contributed by atoms with Crippen molar-refractivity contribution >= 4 is 41.2 Å². The van der Waals surface area contributed by atoms with E-state index in [9.17, 15) is 48.9 Å². The van der Waals surface area contributed by atoms with Crippen LogP contribution in [0.25, 0.3) is 0 Å². The van der Waals surface area contributed by atoms with Crippen LogP contribution in [0.1, 0.15) is 78.7 Å². The van der Waals surface area contributed by atoms with Crippen LogP contribution in [0.15, 0.2) is 72.4 Å². The van der Waals surface area contributed by atoms with E-state index in [0.29, 0.717) is 36.9 Å². The molecule has 3 aliphatic heterocycles. The Morgan fingerprint density at radius 2 is 1.77 bits per heavy atom. The van der Waals surface area contributed by atoms with Crippen LogP contribution in [-0.4, -0.2) is 122 Å². The van der Waals surface area contributed by atoms with Crippen molar-refractivity contribution in [2.24, 2.45) is 17.8 Å². The van der Waals surface area contributed by atoms with E-state index in [-0.39, 0.29) is 62.0 Å². The van der Waals surface area contributed by atoms with Crippen LogP contribution in [0.2, 0.25) is 0 Å². The van der Waals surface area contributed by atoms with Gasteiger partial charge in [-0.2, -0.15) is 0 Å². The van der Waals surface area contributed by atoms with Crippen LogP contribution in [-0.2, 0) is 44.7 Å². The van der Waals surface area contributed by atoms with Gasteiger partial charge in [0.05, 0.1) is 24.7 Å². The number of ketones is 2. The highest BCUT2D eigenvalue weighted by Crippen LogP contribution is 2.24. The number of aliphatic hydroxyl groups excluding tert-OH is 2. The normalized spacial score (nSPS) is 29.0. The van der Waals surface area contributed by atoms with E-state index in [4.69, 9.17) is 4.74 Å². The van der Waals surface area contributed by atoms with E-state index in [2.05, 4.69) is 16.1 Å². The van der Waals surface area contributed by atoms with Gasteiger partial charge in [0.2, 0.25) is 17.7 Å². The topological polar surface area (TPSA) is 232 Å². The van der Waals surface area contributed by atoms with Crippen molar-refractivity contribution in [3.8, 4) is 5.75 Å². The fourth-order valence-electron chi connectivity index (χ4n) is 7.36. The molecule has 16 nitrogen and oxygen atoms in total. The van der Waals surface area contributed by atoms with Gasteiger partial charge in [-0.25, -0.2) is 5.43 Å². The molecular formula is C45H61N5O11. The molecule has 3 heterocycles. The molecule has 0 aromatic heterocycles. The number of hydrogen-bond donors (Lipinski definition) is 6. The van der Waals surface area contributed by atoms with Gasteiger partial charge in [-0.15, -0.1) is 0 Å². The molecule has 3 aliphatic rings. The van der Waals surface area contributed by atoms with E-state index >= 15 is 0 Å². The average Bonchev–Trinajstić information content (AvgIpc) is 3.66. The van der Waals surface area contributed by atoms with Crippen molar-refractivity contribution < 1.29 is 53.6 Å². The molecule has 4 amide bonds. The molecule has 6 N–H and O–H groups in total. The Morgan fingerprint density at radius 1 is 1.02 bits per heavy atom. The molecule has 4 rings (SSSR count). The maximum absolute atomic E-state index is 14.3. The smallest absolute Gasteiger partial charge is 0.325 e. The first-order chi connectivity index (χ1) is 28.9. The molecule has 61 heavy (non-hydrogen) atoms. The van der Waals surface area contributed by atoms with Crippen molar-refractivity contribution in [1.82, 2.24) is 26.0 Å². The monoisotopic (exact) mass is 847 g/mol. The molecule has 0 radical (unpaired) electrons. The number of hydrazine groups is 1. The van der Waals surface area contributed by atoms with Crippen LogP contribution >= 0.6 is 0 Å². The minimum absolute atomic E-state index is 0.0111. The highest BCUT2D eigenvalue weighted by atomic mass is 16.5. The molecule has 1 aromatic carbocycles. The van der Waals surface area contributed by atoms with Crippen LogP contribution < -0.4 is 16.1 Å². The lowest BCUT2D eigenvalue weighted by Crippen LogP contribution is -2.62. The van der Waals surface area contributed by atoms with E-state index in [1.54, 1.807) is 64.1 Å². The zero-order chi connectivity index (χ0) is 44.8. The summed E-state index contributed by atoms with van der Waals surface area (Å²) in [6.07, 6.45) is 8.42. The van der Waals surface area contributed by atoms with Gasteiger partial charge < -0.3 is 40.4 Å². The van der Waals surface area contributed by atoms with E-state index in [0.717, 1.165) is 0 Å². The standard InChI is InChI=1S/C45H61N5O11/c1-27(2)40-43(58)46-36(25-31-13-10-14-32(52)24-31)44(59)50-22-11-15-35(48-50)45(60)61-38(28(3)12-9-18-39(55)49-23-21-33(53)26-49)17-8-6-7-16-37(54)30(5)41(56)34(42(57)47-40)20-19-29(4)51/h6-10,12-14,16,18,24,27,30,34-38,40-41,48,52,54,56H,11,15,17,19-23,25-26H2,1-5H3,(H,46,58)(H,47,57)/b8-6+,16-7+,18-9+,28-12+/t30-,34+,35?,36-,37-,38-,40-,41+/m0/s1. The maximum Gasteiger partial charge on any atom is 0.325 e. The van der Waals surface area contributed by atoms with Gasteiger partial charge >= 0.3 is 5.97 Å². The number of rotatable bonds is 9. The molecule has 8 atom stereocenters. The predicted octanol–water partition coefficient (Wildman–Crippen LogP) is 2.13. The summed E-state index contributed by atoms with van der Waals surface area (Å²) < 4.78 is 6.02. The Hall–Kier alpha value is -5.45. The molecule has 2 saturated heterocycles. The first-order valence-electron chi connectivity index (χ1n) is 21.0. The third kappa shape index (κ3) is 14.3. The number of likely N-dealkylation sites (tertiary alicyclic amines) is 1. The van der Waals surface area contributed by atoms with Crippen LogP contribution in [0.5, 0.6) is 5.75 Å². The number of benzene rings is 1. The van der Waals surface area contributed by atoms with Crippen molar-refractivity contribution in [1.29, 1.82) is 0 Å². The van der Waals surface area contributed by atoms with E-state index < -0.39 is 77.9 Å². The lowest BCUT2D eigenvalue weighted by atomic mass is 9.84. The number of cyclic esters (lactones) is 1. The van der Waals surface area contributed by atoms with Crippen molar-refractivity contribution in [2.75, 3.05) is 19.6 Å². The number of allylic oxidation sites excluding steroid dienone is 4. The first-order valence-corrected chi connectivity index (χ1v) is 21.0. The quantitative estimate of drug-likeness (QED) is 0.119. The number of aromatic hydroxyl groups is 1. The van der Waals surface area contributed by atoms with Crippen LogP contribution in [0.4, 0.5) is 0 Å². The number of nitrogens with one attached hydrogen (secondary N) is 3. The highest BCUT2D eigenvalue weighted by Gasteiger charge is 2.38. The number of esters is 1. The number of phenolic OH excluding ortho intramolecular Hbond substituents is 1. The van der Waals surface area contributed by atoms with Gasteiger partial charge in [0.1, 0.15) is 35.8 Å². The van der Waals surface area contributed by atoms with Gasteiger partial charge in [0, 0.05) is 50.8 Å². The second-order valence-electron chi connectivity index (χ2n) is 16.5. The summed E-state index contributed by atoms with van der Waals surface area (Å²) in [6.45, 7) is 8.65. The van der Waals surface area contributed by atoms with Gasteiger partial charge in [-0.05, 0) is 62.3 Å². The summed E-state index contributed by atoms with van der Waals surface area (Å²) in [6, 6.07) is 2.84. The number of phenols is 1. The number of nitrogens with zero attached hydrogens (tertiary/aromatic N) is 2. The number of hydrogen-bond acceptors (Lipinski definition) is 12. The molecule has 0 spiro atoms. The lowest BCUT2D eigenvalue weighted by Gasteiger charge is -2.36. The van der Waals surface area contributed by atoms with Crippen LogP contribution in [0, 0.1) is 17.8 Å².